The number of aromatic amines is 1. The molecule has 0 amide bonds. The Morgan fingerprint density at radius 2 is 1.93 bits per heavy atom. The maximum Gasteiger partial charge on any atom is 0.156 e. The van der Waals surface area contributed by atoms with Crippen molar-refractivity contribution in [3.8, 4) is 11.3 Å². The number of H-pyrrole nitrogens is 1. The Balaban J connectivity index is 2.59. The minimum absolute atomic E-state index is 0.535. The summed E-state index contributed by atoms with van der Waals surface area (Å²) in [4.78, 5) is 4.15. The summed E-state index contributed by atoms with van der Waals surface area (Å²) in [6, 6.07) is 9.78. The van der Waals surface area contributed by atoms with Crippen LogP contribution in [0.4, 0.5) is 0 Å². The maximum absolute atomic E-state index is 5.13. The van der Waals surface area contributed by atoms with Crippen molar-refractivity contribution in [2.24, 2.45) is 0 Å². The highest BCUT2D eigenvalue weighted by Gasteiger charge is 2.01. The summed E-state index contributed by atoms with van der Waals surface area (Å²) in [5.41, 5.74) is 1.72. The van der Waals surface area contributed by atoms with E-state index in [1.165, 1.54) is 0 Å². The number of nitrogens with one attached hydrogen (secondary N) is 1. The second kappa shape index (κ2) is 3.67. The van der Waals surface area contributed by atoms with E-state index in [0.29, 0.717) is 4.64 Å². The first-order valence-corrected chi connectivity index (χ1v) is 4.67. The molecule has 0 saturated heterocycles. The van der Waals surface area contributed by atoms with Crippen LogP contribution in [0.2, 0.25) is 0 Å². The SMILES string of the molecule is Cc1nc(=S)c(-c2ccccc2)n[nH]1. The van der Waals surface area contributed by atoms with Crippen molar-refractivity contribution in [3.05, 3.63) is 40.8 Å². The van der Waals surface area contributed by atoms with Gasteiger partial charge in [-0.3, -0.25) is 5.10 Å². The van der Waals surface area contributed by atoms with Gasteiger partial charge in [0.2, 0.25) is 0 Å². The number of hydrogen-bond donors (Lipinski definition) is 1. The van der Waals surface area contributed by atoms with Gasteiger partial charge in [0.15, 0.2) is 4.64 Å². The molecule has 1 heterocycles. The number of nitrogens with zero attached hydrogens (tertiary/aromatic N) is 2. The molecule has 1 aromatic carbocycles. The molecular formula is C10H9N3S. The van der Waals surface area contributed by atoms with Crippen LogP contribution in [0.3, 0.4) is 0 Å². The van der Waals surface area contributed by atoms with Gasteiger partial charge in [-0.2, -0.15) is 5.10 Å². The van der Waals surface area contributed by atoms with Gasteiger partial charge in [0.1, 0.15) is 11.5 Å². The van der Waals surface area contributed by atoms with E-state index in [1.807, 2.05) is 37.3 Å². The first kappa shape index (κ1) is 9.02. The van der Waals surface area contributed by atoms with Crippen molar-refractivity contribution < 1.29 is 0 Å². The molecule has 0 aliphatic carbocycles. The van der Waals surface area contributed by atoms with E-state index >= 15 is 0 Å². The van der Waals surface area contributed by atoms with E-state index in [1.54, 1.807) is 0 Å². The third kappa shape index (κ3) is 1.70. The summed E-state index contributed by atoms with van der Waals surface area (Å²) in [6.07, 6.45) is 0. The van der Waals surface area contributed by atoms with E-state index in [-0.39, 0.29) is 0 Å². The molecule has 1 N–H and O–H groups in total. The van der Waals surface area contributed by atoms with E-state index in [0.717, 1.165) is 17.1 Å². The first-order chi connectivity index (χ1) is 6.77. The number of benzene rings is 1. The highest BCUT2D eigenvalue weighted by Crippen LogP contribution is 2.15. The molecule has 0 aliphatic rings. The van der Waals surface area contributed by atoms with Gasteiger partial charge in [-0.15, -0.1) is 0 Å². The average Bonchev–Trinajstić information content (AvgIpc) is 2.19. The van der Waals surface area contributed by atoms with Crippen LogP contribution in [0.1, 0.15) is 5.82 Å². The van der Waals surface area contributed by atoms with Crippen LogP contribution in [0.25, 0.3) is 11.3 Å². The molecule has 0 fully saturated rings. The predicted molar refractivity (Wildman–Crippen MR) is 57.4 cm³/mol. The monoisotopic (exact) mass is 203 g/mol. The normalized spacial score (nSPS) is 10.1. The quantitative estimate of drug-likeness (QED) is 0.724. The van der Waals surface area contributed by atoms with E-state index in [9.17, 15) is 0 Å². The summed E-state index contributed by atoms with van der Waals surface area (Å²) in [5.74, 6) is 0.731. The Kier molecular flexibility index (Phi) is 2.37. The van der Waals surface area contributed by atoms with Crippen LogP contribution in [0.5, 0.6) is 0 Å². The second-order valence-corrected chi connectivity index (χ2v) is 3.33. The summed E-state index contributed by atoms with van der Waals surface area (Å²) in [5, 5.41) is 6.97. The van der Waals surface area contributed by atoms with Crippen molar-refractivity contribution in [2.45, 2.75) is 6.92 Å². The van der Waals surface area contributed by atoms with Gasteiger partial charge in [0.05, 0.1) is 0 Å². The van der Waals surface area contributed by atoms with Crippen LogP contribution >= 0.6 is 12.2 Å². The Bertz CT molecular complexity index is 490. The van der Waals surface area contributed by atoms with Crippen LogP contribution in [-0.2, 0) is 0 Å². The number of hydrogen-bond acceptors (Lipinski definition) is 3. The molecule has 0 saturated carbocycles. The van der Waals surface area contributed by atoms with Crippen molar-refractivity contribution in [1.82, 2.24) is 15.2 Å². The van der Waals surface area contributed by atoms with E-state index in [4.69, 9.17) is 12.2 Å². The summed E-state index contributed by atoms with van der Waals surface area (Å²) < 4.78 is 0.535. The highest BCUT2D eigenvalue weighted by molar-refractivity contribution is 7.71. The Morgan fingerprint density at radius 1 is 1.21 bits per heavy atom. The first-order valence-electron chi connectivity index (χ1n) is 4.26. The maximum atomic E-state index is 5.13. The molecule has 0 radical (unpaired) electrons. The third-order valence-corrected chi connectivity index (χ3v) is 2.13. The molecule has 14 heavy (non-hydrogen) atoms. The number of aryl methyl sites for hydroxylation is 1. The lowest BCUT2D eigenvalue weighted by Gasteiger charge is -1.99. The standard InChI is InChI=1S/C10H9N3S/c1-7-11-10(14)9(13-12-7)8-5-3-2-4-6-8/h2-6H,1H3,(H,11,12,14). The molecule has 0 aliphatic heterocycles. The van der Waals surface area contributed by atoms with Crippen molar-refractivity contribution in [1.29, 1.82) is 0 Å². The molecule has 0 bridgehead atoms. The van der Waals surface area contributed by atoms with Gasteiger partial charge >= 0.3 is 0 Å². The molecule has 0 unspecified atom stereocenters. The topological polar surface area (TPSA) is 41.6 Å². The van der Waals surface area contributed by atoms with Crippen molar-refractivity contribution in [2.75, 3.05) is 0 Å². The Labute approximate surface area is 86.8 Å². The molecule has 0 spiro atoms. The van der Waals surface area contributed by atoms with Gasteiger partial charge in [-0.1, -0.05) is 42.5 Å². The second-order valence-electron chi connectivity index (χ2n) is 2.94. The smallest absolute Gasteiger partial charge is 0.156 e. The number of aromatic nitrogens is 3. The van der Waals surface area contributed by atoms with Crippen LogP contribution in [0.15, 0.2) is 30.3 Å². The van der Waals surface area contributed by atoms with Gasteiger partial charge < -0.3 is 0 Å². The van der Waals surface area contributed by atoms with Gasteiger partial charge in [0.25, 0.3) is 0 Å². The highest BCUT2D eigenvalue weighted by atomic mass is 32.1. The minimum Gasteiger partial charge on any atom is -0.264 e. The van der Waals surface area contributed by atoms with E-state index in [2.05, 4.69) is 15.2 Å². The van der Waals surface area contributed by atoms with Gasteiger partial charge in [0, 0.05) is 5.56 Å². The summed E-state index contributed by atoms with van der Waals surface area (Å²) in [6.45, 7) is 1.83. The largest absolute Gasteiger partial charge is 0.264 e. The summed E-state index contributed by atoms with van der Waals surface area (Å²) >= 11 is 5.13. The zero-order valence-electron chi connectivity index (χ0n) is 7.69. The molecule has 4 heteroatoms. The Hall–Kier alpha value is -1.55. The van der Waals surface area contributed by atoms with Crippen molar-refractivity contribution >= 4 is 12.2 Å². The molecule has 2 rings (SSSR count). The lowest BCUT2D eigenvalue weighted by Crippen LogP contribution is -1.95. The molecule has 3 nitrogen and oxygen atoms in total. The number of rotatable bonds is 1. The van der Waals surface area contributed by atoms with Crippen LogP contribution < -0.4 is 0 Å². The molecule has 0 atom stereocenters. The van der Waals surface area contributed by atoms with Crippen LogP contribution in [-0.4, -0.2) is 15.2 Å². The molecule has 70 valence electrons. The van der Waals surface area contributed by atoms with E-state index < -0.39 is 0 Å². The average molecular weight is 203 g/mol. The summed E-state index contributed by atoms with van der Waals surface area (Å²) in [7, 11) is 0. The van der Waals surface area contributed by atoms with Crippen molar-refractivity contribution in [3.63, 3.8) is 0 Å². The Morgan fingerprint density at radius 3 is 2.57 bits per heavy atom. The fourth-order valence-electron chi connectivity index (χ4n) is 1.20. The molecular weight excluding hydrogens is 194 g/mol. The van der Waals surface area contributed by atoms with Gasteiger partial charge in [-0.05, 0) is 6.92 Å². The predicted octanol–water partition coefficient (Wildman–Crippen LogP) is 2.51. The molecule has 2 aromatic rings. The zero-order valence-corrected chi connectivity index (χ0v) is 8.51. The lowest BCUT2D eigenvalue weighted by molar-refractivity contribution is 0.906. The molecule has 1 aromatic heterocycles. The van der Waals surface area contributed by atoms with Crippen LogP contribution in [0, 0.1) is 11.6 Å². The fraction of sp³-hybridized carbons (Fsp3) is 0.100. The third-order valence-electron chi connectivity index (χ3n) is 1.85. The fourth-order valence-corrected chi connectivity index (χ4v) is 1.50. The van der Waals surface area contributed by atoms with Gasteiger partial charge in [-0.25, -0.2) is 4.98 Å². The lowest BCUT2D eigenvalue weighted by atomic mass is 10.2. The zero-order chi connectivity index (χ0) is 9.97. The minimum atomic E-state index is 0.535.